The normalized spacial score (nSPS) is 19.9. The molecule has 0 saturated carbocycles. The Bertz CT molecular complexity index is 505. The number of aliphatic hydroxyl groups is 1. The van der Waals surface area contributed by atoms with Crippen molar-refractivity contribution in [2.24, 2.45) is 9.98 Å². The Morgan fingerprint density at radius 1 is 1.62 bits per heavy atom. The van der Waals surface area contributed by atoms with Crippen LogP contribution in [0.5, 0.6) is 0 Å². The molecule has 0 unspecified atom stereocenters. The summed E-state index contributed by atoms with van der Waals surface area (Å²) in [6, 6.07) is 0. The molecule has 0 amide bonds. The summed E-state index contributed by atoms with van der Waals surface area (Å²) in [7, 11) is 0. The van der Waals surface area contributed by atoms with Crippen LogP contribution in [0.15, 0.2) is 14.8 Å². The summed E-state index contributed by atoms with van der Waals surface area (Å²) in [6.07, 6.45) is -0.959. The maximum atomic E-state index is 11.2. The van der Waals surface area contributed by atoms with Crippen molar-refractivity contribution in [1.29, 1.82) is 0 Å². The maximum Gasteiger partial charge on any atom is 0.280 e. The Morgan fingerprint density at radius 2 is 2.38 bits per heavy atom. The lowest BCUT2D eigenvalue weighted by Gasteiger charge is -2.04. The van der Waals surface area contributed by atoms with Crippen LogP contribution in [0, 0.1) is 0 Å². The summed E-state index contributed by atoms with van der Waals surface area (Å²) < 4.78 is 0. The highest BCUT2D eigenvalue weighted by atomic mass is 16.3. The molecule has 0 aliphatic carbocycles. The number of rotatable bonds is 0. The summed E-state index contributed by atoms with van der Waals surface area (Å²) in [4.78, 5) is 24.7. The molecular weight excluding hydrogens is 174 g/mol. The van der Waals surface area contributed by atoms with Gasteiger partial charge in [-0.2, -0.15) is 4.98 Å². The van der Waals surface area contributed by atoms with Crippen molar-refractivity contribution in [3.63, 3.8) is 0 Å². The molecule has 7 heteroatoms. The molecule has 1 aromatic rings. The van der Waals surface area contributed by atoms with Gasteiger partial charge in [-0.25, -0.2) is 4.99 Å². The Kier molecular flexibility index (Phi) is 1.59. The lowest BCUT2D eigenvalue weighted by Crippen LogP contribution is -2.47. The Morgan fingerprint density at radius 3 is 3.15 bits per heavy atom. The number of nitrogens with two attached hydrogens (primary N) is 1. The quantitative estimate of drug-likeness (QED) is 0.393. The van der Waals surface area contributed by atoms with Crippen LogP contribution < -0.4 is 22.1 Å². The van der Waals surface area contributed by atoms with E-state index in [4.69, 9.17) is 10.8 Å². The van der Waals surface area contributed by atoms with E-state index in [0.717, 1.165) is 0 Å². The molecule has 7 nitrogen and oxygen atoms in total. The molecule has 0 bridgehead atoms. The first-order chi connectivity index (χ1) is 6.16. The molecule has 1 aromatic heterocycles. The molecule has 1 aliphatic heterocycles. The fourth-order valence-corrected chi connectivity index (χ4v) is 1.06. The van der Waals surface area contributed by atoms with E-state index in [2.05, 4.69) is 20.0 Å². The summed E-state index contributed by atoms with van der Waals surface area (Å²) in [6.45, 7) is 0.114. The van der Waals surface area contributed by atoms with Crippen LogP contribution in [0.4, 0.5) is 5.95 Å². The van der Waals surface area contributed by atoms with Crippen LogP contribution in [0.2, 0.25) is 0 Å². The number of aliphatic hydroxyl groups excluding tert-OH is 1. The number of hydrogen-bond donors (Lipinski definition) is 3. The number of aromatic nitrogens is 2. The van der Waals surface area contributed by atoms with E-state index in [-0.39, 0.29) is 23.3 Å². The van der Waals surface area contributed by atoms with E-state index < -0.39 is 11.8 Å². The van der Waals surface area contributed by atoms with E-state index >= 15 is 0 Å². The number of hydrogen-bond acceptors (Lipinski definition) is 6. The second-order valence-electron chi connectivity index (χ2n) is 2.57. The highest BCUT2D eigenvalue weighted by Crippen LogP contribution is 1.85. The van der Waals surface area contributed by atoms with Gasteiger partial charge in [-0.3, -0.25) is 14.8 Å². The predicted molar refractivity (Wildman–Crippen MR) is 42.5 cm³/mol. The van der Waals surface area contributed by atoms with Gasteiger partial charge in [0.2, 0.25) is 5.95 Å². The largest absolute Gasteiger partial charge is 0.370 e. The Labute approximate surface area is 71.7 Å². The zero-order valence-electron chi connectivity index (χ0n) is 6.56. The standard InChI is InChI=1S/C6H7N5O2/c7-6-10-4-3(5(13)11-6)9-2(12)1-8-4/h2,12H,1H2,(H3,7,8,10,11,13)/t2-/m0/s1. The fourth-order valence-electron chi connectivity index (χ4n) is 1.06. The summed E-state index contributed by atoms with van der Waals surface area (Å²) in [5, 5.41) is 9.11. The first-order valence-corrected chi connectivity index (χ1v) is 3.63. The number of anilines is 1. The fraction of sp³-hybridized carbons (Fsp3) is 0.333. The Hall–Kier alpha value is -1.76. The van der Waals surface area contributed by atoms with Crippen molar-refractivity contribution < 1.29 is 5.11 Å². The van der Waals surface area contributed by atoms with Crippen molar-refractivity contribution in [3.05, 3.63) is 21.2 Å². The highest BCUT2D eigenvalue weighted by Gasteiger charge is 2.08. The van der Waals surface area contributed by atoms with Gasteiger partial charge in [0.25, 0.3) is 5.56 Å². The second-order valence-corrected chi connectivity index (χ2v) is 2.57. The van der Waals surface area contributed by atoms with Crippen LogP contribution in [0.1, 0.15) is 0 Å². The summed E-state index contributed by atoms with van der Waals surface area (Å²) in [5.74, 6) is -0.000843. The average Bonchev–Trinajstić information content (AvgIpc) is 2.06. The molecule has 1 atom stereocenters. The number of H-pyrrole nitrogens is 1. The van der Waals surface area contributed by atoms with Gasteiger partial charge in [0, 0.05) is 0 Å². The summed E-state index contributed by atoms with van der Waals surface area (Å²) >= 11 is 0. The first-order valence-electron chi connectivity index (χ1n) is 3.63. The molecular formula is C6H7N5O2. The minimum absolute atomic E-state index is 0.000843. The van der Waals surface area contributed by atoms with E-state index in [9.17, 15) is 4.79 Å². The third-order valence-electron chi connectivity index (χ3n) is 1.58. The first kappa shape index (κ1) is 7.87. The van der Waals surface area contributed by atoms with E-state index in [1.807, 2.05) is 0 Å². The van der Waals surface area contributed by atoms with Gasteiger partial charge in [-0.1, -0.05) is 0 Å². The third-order valence-corrected chi connectivity index (χ3v) is 1.58. The number of fused-ring (bicyclic) bond motifs is 1. The van der Waals surface area contributed by atoms with Crippen LogP contribution in [0.25, 0.3) is 0 Å². The highest BCUT2D eigenvalue weighted by molar-refractivity contribution is 5.12. The second kappa shape index (κ2) is 2.63. The molecule has 1 aliphatic rings. The van der Waals surface area contributed by atoms with Gasteiger partial charge in [-0.15, -0.1) is 0 Å². The van der Waals surface area contributed by atoms with E-state index in [0.29, 0.717) is 0 Å². The Balaban J connectivity index is 2.88. The van der Waals surface area contributed by atoms with Crippen LogP contribution >= 0.6 is 0 Å². The van der Waals surface area contributed by atoms with Crippen LogP contribution in [0.3, 0.4) is 0 Å². The molecule has 13 heavy (non-hydrogen) atoms. The average molecular weight is 181 g/mol. The zero-order chi connectivity index (χ0) is 9.42. The number of nitrogen functional groups attached to an aromatic ring is 1. The molecule has 0 radical (unpaired) electrons. The molecule has 4 N–H and O–H groups in total. The lowest BCUT2D eigenvalue weighted by atomic mass is 10.4. The summed E-state index contributed by atoms with van der Waals surface area (Å²) in [5.41, 5.74) is 4.99. The monoisotopic (exact) mass is 181 g/mol. The topological polar surface area (TPSA) is 117 Å². The van der Waals surface area contributed by atoms with Gasteiger partial charge < -0.3 is 10.8 Å². The third kappa shape index (κ3) is 1.29. The van der Waals surface area contributed by atoms with Gasteiger partial charge in [0.15, 0.2) is 17.1 Å². The molecule has 0 fully saturated rings. The number of nitrogens with zero attached hydrogens (tertiary/aromatic N) is 3. The molecule has 2 rings (SSSR count). The molecule has 0 aromatic carbocycles. The van der Waals surface area contributed by atoms with Crippen LogP contribution in [-0.2, 0) is 0 Å². The maximum absolute atomic E-state index is 11.2. The van der Waals surface area contributed by atoms with Crippen LogP contribution in [-0.4, -0.2) is 27.8 Å². The zero-order valence-corrected chi connectivity index (χ0v) is 6.56. The SMILES string of the molecule is Nc1nc2c(c(=O)[nH]1)=N[C@@H](O)CN=2. The minimum atomic E-state index is -0.959. The van der Waals surface area contributed by atoms with Crippen molar-refractivity contribution in [2.45, 2.75) is 6.23 Å². The van der Waals surface area contributed by atoms with Gasteiger partial charge in [-0.05, 0) is 0 Å². The van der Waals surface area contributed by atoms with Crippen molar-refractivity contribution in [3.8, 4) is 0 Å². The number of nitrogens with one attached hydrogen (secondary N) is 1. The van der Waals surface area contributed by atoms with Crippen molar-refractivity contribution >= 4 is 5.95 Å². The van der Waals surface area contributed by atoms with Gasteiger partial charge in [0.05, 0.1) is 6.54 Å². The minimum Gasteiger partial charge on any atom is -0.370 e. The predicted octanol–water partition coefficient (Wildman–Crippen LogP) is -3.08. The number of aromatic amines is 1. The molecule has 2 heterocycles. The van der Waals surface area contributed by atoms with Gasteiger partial charge >= 0.3 is 0 Å². The van der Waals surface area contributed by atoms with Crippen molar-refractivity contribution in [2.75, 3.05) is 12.3 Å². The smallest absolute Gasteiger partial charge is 0.280 e. The van der Waals surface area contributed by atoms with Gasteiger partial charge in [0.1, 0.15) is 0 Å². The van der Waals surface area contributed by atoms with Crippen molar-refractivity contribution in [1.82, 2.24) is 9.97 Å². The molecule has 68 valence electrons. The molecule has 0 saturated heterocycles. The lowest BCUT2D eigenvalue weighted by molar-refractivity contribution is 0.184. The van der Waals surface area contributed by atoms with E-state index in [1.54, 1.807) is 0 Å². The van der Waals surface area contributed by atoms with E-state index in [1.165, 1.54) is 0 Å². The molecule has 0 spiro atoms.